The first-order valence-electron chi connectivity index (χ1n) is 7.54. The largest absolute Gasteiger partial charge is 0.508 e. The number of aromatic hydroxyl groups is 1. The van der Waals surface area contributed by atoms with Crippen molar-refractivity contribution in [3.63, 3.8) is 0 Å². The third kappa shape index (κ3) is 3.26. The predicted molar refractivity (Wildman–Crippen MR) is 94.0 cm³/mol. The number of carboxylic acids is 1. The summed E-state index contributed by atoms with van der Waals surface area (Å²) in [5.41, 5.74) is 7.00. The molecule has 2 aliphatic heterocycles. The summed E-state index contributed by atoms with van der Waals surface area (Å²) < 4.78 is 0. The molecule has 1 aromatic carbocycles. The molecule has 3 rings (SSSR count). The molecule has 0 bridgehead atoms. The summed E-state index contributed by atoms with van der Waals surface area (Å²) in [4.78, 5) is 37.2. The summed E-state index contributed by atoms with van der Waals surface area (Å²) in [5.74, 6) is -1.61. The van der Waals surface area contributed by atoms with E-state index >= 15 is 0 Å². The lowest BCUT2D eigenvalue weighted by Crippen LogP contribution is -2.71. The topological polar surface area (TPSA) is 164 Å². The maximum Gasteiger partial charge on any atom is 0.352 e. The number of fused-ring (bicyclic) bond motifs is 1. The fourth-order valence-electron chi connectivity index (χ4n) is 2.85. The van der Waals surface area contributed by atoms with Crippen LogP contribution in [0.25, 0.3) is 0 Å². The van der Waals surface area contributed by atoms with Crippen LogP contribution in [0.15, 0.2) is 35.5 Å². The van der Waals surface area contributed by atoms with Gasteiger partial charge in [0.2, 0.25) is 5.91 Å². The van der Waals surface area contributed by atoms with E-state index in [1.807, 2.05) is 0 Å². The van der Waals surface area contributed by atoms with E-state index in [9.17, 15) is 24.6 Å². The highest BCUT2D eigenvalue weighted by molar-refractivity contribution is 8.00. The molecule has 9 nitrogen and oxygen atoms in total. The second-order valence-electron chi connectivity index (χ2n) is 5.90. The number of carboxylic acid groups (broad SMARTS) is 1. The van der Waals surface area contributed by atoms with Crippen molar-refractivity contribution in [2.24, 2.45) is 5.73 Å². The smallest absolute Gasteiger partial charge is 0.352 e. The minimum absolute atomic E-state index is 0. The summed E-state index contributed by atoms with van der Waals surface area (Å²) in [6.07, 6.45) is 0. The molecular weight excluding hydrogens is 362 g/mol. The van der Waals surface area contributed by atoms with E-state index < -0.39 is 35.2 Å². The van der Waals surface area contributed by atoms with E-state index in [-0.39, 0.29) is 16.9 Å². The molecule has 10 heteroatoms. The van der Waals surface area contributed by atoms with Crippen LogP contribution in [0.1, 0.15) is 18.5 Å². The van der Waals surface area contributed by atoms with Crippen LogP contribution >= 0.6 is 11.8 Å². The van der Waals surface area contributed by atoms with Crippen LogP contribution in [0.2, 0.25) is 0 Å². The Morgan fingerprint density at radius 3 is 2.54 bits per heavy atom. The fourth-order valence-corrected chi connectivity index (χ4v) is 4.14. The zero-order valence-electron chi connectivity index (χ0n) is 13.8. The summed E-state index contributed by atoms with van der Waals surface area (Å²) in [6, 6.07) is 4.09. The molecule has 0 saturated carbocycles. The van der Waals surface area contributed by atoms with Gasteiger partial charge in [0, 0.05) is 5.75 Å². The maximum absolute atomic E-state index is 12.3. The van der Waals surface area contributed by atoms with E-state index in [1.165, 1.54) is 40.9 Å². The van der Waals surface area contributed by atoms with E-state index in [2.05, 4.69) is 5.32 Å². The van der Waals surface area contributed by atoms with Gasteiger partial charge >= 0.3 is 5.97 Å². The first kappa shape index (κ1) is 19.8. The van der Waals surface area contributed by atoms with Crippen molar-refractivity contribution in [1.29, 1.82) is 0 Å². The number of thioether (sulfide) groups is 1. The van der Waals surface area contributed by atoms with Gasteiger partial charge in [0.1, 0.15) is 28.9 Å². The molecule has 3 atom stereocenters. The van der Waals surface area contributed by atoms with Crippen LogP contribution in [-0.4, -0.2) is 55.5 Å². The highest BCUT2D eigenvalue weighted by Gasteiger charge is 2.53. The van der Waals surface area contributed by atoms with Gasteiger partial charge in [0.05, 0.1) is 0 Å². The van der Waals surface area contributed by atoms with Crippen molar-refractivity contribution in [3.8, 4) is 5.75 Å². The second kappa shape index (κ2) is 7.36. The Kier molecular flexibility index (Phi) is 5.59. The third-order valence-corrected chi connectivity index (χ3v) is 5.62. The zero-order chi connectivity index (χ0) is 18.3. The molecule has 0 aromatic heterocycles. The standard InChI is InChI=1S/C16H17N3O5S.H2O/c1-7-6-25-15-11(14(22)19(15)12(7)16(23)24)18-13(21)10(17)8-2-4-9(20)5-3-8;/h2-5,10-11,15,20H,6,17H2,1H3,(H,18,21)(H,23,24);1H2/t10?,11-,15-;/m1./s1. The molecule has 0 spiro atoms. The van der Waals surface area contributed by atoms with E-state index in [0.29, 0.717) is 16.9 Å². The van der Waals surface area contributed by atoms with Gasteiger partial charge in [-0.3, -0.25) is 14.5 Å². The predicted octanol–water partition coefficient (Wildman–Crippen LogP) is -0.674. The molecule has 2 heterocycles. The second-order valence-corrected chi connectivity index (χ2v) is 7.00. The van der Waals surface area contributed by atoms with Crippen LogP contribution in [0.5, 0.6) is 5.75 Å². The Bertz CT molecular complexity index is 779. The van der Waals surface area contributed by atoms with Crippen molar-refractivity contribution in [3.05, 3.63) is 41.1 Å². The van der Waals surface area contributed by atoms with Gasteiger partial charge in [0.25, 0.3) is 5.91 Å². The highest BCUT2D eigenvalue weighted by atomic mass is 32.2. The zero-order valence-corrected chi connectivity index (χ0v) is 14.6. The third-order valence-electron chi connectivity index (χ3n) is 4.19. The Labute approximate surface area is 153 Å². The minimum Gasteiger partial charge on any atom is -0.508 e. The first-order valence-corrected chi connectivity index (χ1v) is 8.58. The van der Waals surface area contributed by atoms with Crippen molar-refractivity contribution in [2.45, 2.75) is 24.4 Å². The molecule has 1 aromatic rings. The first-order chi connectivity index (χ1) is 11.8. The normalized spacial score (nSPS) is 22.7. The number of nitrogens with one attached hydrogen (secondary N) is 1. The van der Waals surface area contributed by atoms with Gasteiger partial charge in [0.15, 0.2) is 0 Å². The summed E-state index contributed by atoms with van der Waals surface area (Å²) in [5, 5.41) is 20.7. The summed E-state index contributed by atoms with van der Waals surface area (Å²) in [6.45, 7) is 1.67. The van der Waals surface area contributed by atoms with Crippen LogP contribution in [0, 0.1) is 0 Å². The number of nitrogens with two attached hydrogens (primary N) is 1. The minimum atomic E-state index is -1.15. The van der Waals surface area contributed by atoms with E-state index in [4.69, 9.17) is 5.73 Å². The van der Waals surface area contributed by atoms with E-state index in [0.717, 1.165) is 0 Å². The number of carbonyl (C=O) groups is 3. The number of rotatable bonds is 4. The van der Waals surface area contributed by atoms with Crippen molar-refractivity contribution in [1.82, 2.24) is 10.2 Å². The van der Waals surface area contributed by atoms with Gasteiger partial charge in [-0.25, -0.2) is 4.79 Å². The van der Waals surface area contributed by atoms with Gasteiger partial charge in [-0.2, -0.15) is 0 Å². The molecule has 1 unspecified atom stereocenters. The number of benzene rings is 1. The lowest BCUT2D eigenvalue weighted by Gasteiger charge is -2.49. The van der Waals surface area contributed by atoms with E-state index in [1.54, 1.807) is 6.92 Å². The quantitative estimate of drug-likeness (QED) is 0.502. The average molecular weight is 381 g/mol. The van der Waals surface area contributed by atoms with Crippen LogP contribution in [-0.2, 0) is 14.4 Å². The lowest BCUT2D eigenvalue weighted by atomic mass is 10.0. The van der Waals surface area contributed by atoms with Gasteiger partial charge in [-0.15, -0.1) is 11.8 Å². The molecular formula is C16H19N3O6S. The lowest BCUT2D eigenvalue weighted by molar-refractivity contribution is -0.150. The number of phenols is 1. The SMILES string of the molecule is CC1=C(C(=O)O)N2C(=O)[C@@H](NC(=O)C(N)c3ccc(O)cc3)[C@H]2SC1.O. The summed E-state index contributed by atoms with van der Waals surface area (Å²) >= 11 is 1.40. The molecule has 0 radical (unpaired) electrons. The molecule has 26 heavy (non-hydrogen) atoms. The molecule has 2 aliphatic rings. The van der Waals surface area contributed by atoms with Crippen molar-refractivity contribution >= 4 is 29.5 Å². The number of hydrogen-bond acceptors (Lipinski definition) is 6. The van der Waals surface area contributed by atoms with Crippen LogP contribution < -0.4 is 11.1 Å². The summed E-state index contributed by atoms with van der Waals surface area (Å²) in [7, 11) is 0. The number of hydrogen-bond donors (Lipinski definition) is 4. The number of carbonyl (C=O) groups excluding carboxylic acids is 2. The maximum atomic E-state index is 12.3. The Morgan fingerprint density at radius 1 is 1.35 bits per heavy atom. The van der Waals surface area contributed by atoms with Gasteiger partial charge < -0.3 is 26.7 Å². The van der Waals surface area contributed by atoms with Crippen LogP contribution in [0.3, 0.4) is 0 Å². The monoisotopic (exact) mass is 381 g/mol. The molecule has 7 N–H and O–H groups in total. The molecule has 2 amide bonds. The highest BCUT2D eigenvalue weighted by Crippen LogP contribution is 2.40. The van der Waals surface area contributed by atoms with Crippen LogP contribution in [0.4, 0.5) is 0 Å². The molecule has 1 saturated heterocycles. The number of phenolic OH excluding ortho intramolecular Hbond substituents is 1. The molecule has 0 aliphatic carbocycles. The number of β-lactam (4-membered cyclic amide) rings is 1. The number of aliphatic carboxylic acids is 1. The van der Waals surface area contributed by atoms with Gasteiger partial charge in [-0.05, 0) is 30.2 Å². The molecule has 1 fully saturated rings. The van der Waals surface area contributed by atoms with Crippen molar-refractivity contribution in [2.75, 3.05) is 5.75 Å². The number of nitrogens with zero attached hydrogens (tertiary/aromatic N) is 1. The average Bonchev–Trinajstić information content (AvgIpc) is 2.58. The number of amides is 2. The molecule has 140 valence electrons. The Morgan fingerprint density at radius 2 is 1.96 bits per heavy atom. The Hall–Kier alpha value is -2.56. The Balaban J connectivity index is 0.00000243. The fraction of sp³-hybridized carbons (Fsp3) is 0.312. The van der Waals surface area contributed by atoms with Crippen molar-refractivity contribution < 1.29 is 30.1 Å². The van der Waals surface area contributed by atoms with Gasteiger partial charge in [-0.1, -0.05) is 12.1 Å².